The molecule has 0 spiro atoms. The predicted octanol–water partition coefficient (Wildman–Crippen LogP) is 5.69. The van der Waals surface area contributed by atoms with E-state index in [4.69, 9.17) is 9.47 Å². The fourth-order valence-electron chi connectivity index (χ4n) is 3.17. The van der Waals surface area contributed by atoms with Crippen molar-refractivity contribution in [3.63, 3.8) is 0 Å². The molecule has 2 nitrogen and oxygen atoms in total. The third kappa shape index (κ3) is 4.58. The average Bonchev–Trinajstić information content (AvgIpc) is 2.75. The summed E-state index contributed by atoms with van der Waals surface area (Å²) in [5, 5.41) is 4.63. The van der Waals surface area contributed by atoms with Crippen molar-refractivity contribution in [2.75, 3.05) is 13.9 Å². The van der Waals surface area contributed by atoms with Gasteiger partial charge in [0.05, 0.1) is 0 Å². The molecule has 4 aromatic rings. The van der Waals surface area contributed by atoms with E-state index < -0.39 is 0 Å². The number of methoxy groups -OCH3 is 1. The summed E-state index contributed by atoms with van der Waals surface area (Å²) in [6.45, 7) is 2.34. The Hall–Kier alpha value is -3.72. The highest BCUT2D eigenvalue weighted by molar-refractivity contribution is 5.86. The van der Waals surface area contributed by atoms with Gasteiger partial charge in [0.1, 0.15) is 5.75 Å². The monoisotopic (exact) mass is 376 g/mol. The van der Waals surface area contributed by atoms with Crippen LogP contribution in [0.25, 0.3) is 21.5 Å². The van der Waals surface area contributed by atoms with E-state index in [1.54, 1.807) is 7.11 Å². The summed E-state index contributed by atoms with van der Waals surface area (Å²) in [7, 11) is 1.61. The molecule has 0 amide bonds. The second-order valence-electron chi connectivity index (χ2n) is 6.84. The van der Waals surface area contributed by atoms with Gasteiger partial charge in [-0.1, -0.05) is 53.8 Å². The van der Waals surface area contributed by atoms with E-state index >= 15 is 0 Å². The van der Waals surface area contributed by atoms with Gasteiger partial charge in [-0.05, 0) is 76.7 Å². The normalized spacial score (nSPS) is 10.1. The molecule has 0 saturated heterocycles. The summed E-state index contributed by atoms with van der Waals surface area (Å²) in [6.07, 6.45) is 0. The van der Waals surface area contributed by atoms with Gasteiger partial charge in [0, 0.05) is 18.2 Å². The first kappa shape index (κ1) is 18.6. The highest BCUT2D eigenvalue weighted by Gasteiger charge is 1.99. The zero-order chi connectivity index (χ0) is 20.1. The molecule has 2 heteroatoms. The molecule has 0 radical (unpaired) electrons. The van der Waals surface area contributed by atoms with Crippen molar-refractivity contribution in [3.05, 3.63) is 89.5 Å². The van der Waals surface area contributed by atoms with Crippen LogP contribution in [0.1, 0.15) is 16.7 Å². The van der Waals surface area contributed by atoms with Crippen molar-refractivity contribution in [2.24, 2.45) is 0 Å². The number of benzene rings is 4. The largest absolute Gasteiger partial charge is 0.468 e. The molecule has 0 aromatic heterocycles. The molecule has 0 aliphatic carbocycles. The molecule has 0 aliphatic rings. The second-order valence-corrected chi connectivity index (χ2v) is 6.84. The third-order valence-electron chi connectivity index (χ3n) is 4.63. The van der Waals surface area contributed by atoms with E-state index in [-0.39, 0.29) is 6.79 Å². The quantitative estimate of drug-likeness (QED) is 0.338. The lowest BCUT2D eigenvalue weighted by Crippen LogP contribution is -1.98. The van der Waals surface area contributed by atoms with Gasteiger partial charge in [-0.25, -0.2) is 0 Å². The van der Waals surface area contributed by atoms with Crippen LogP contribution in [0.15, 0.2) is 72.8 Å². The van der Waals surface area contributed by atoms with E-state index in [2.05, 4.69) is 67.0 Å². The van der Waals surface area contributed by atoms with Gasteiger partial charge in [-0.15, -0.1) is 0 Å². The fourth-order valence-corrected chi connectivity index (χ4v) is 3.17. The van der Waals surface area contributed by atoms with Gasteiger partial charge >= 0.3 is 0 Å². The Labute approximate surface area is 171 Å². The highest BCUT2D eigenvalue weighted by atomic mass is 16.7. The summed E-state index contributed by atoms with van der Waals surface area (Å²) in [5.74, 6) is 13.0. The molecule has 4 aromatic carbocycles. The van der Waals surface area contributed by atoms with Gasteiger partial charge in [-0.2, -0.15) is 0 Å². The lowest BCUT2D eigenvalue weighted by molar-refractivity contribution is 0.0512. The van der Waals surface area contributed by atoms with Crippen LogP contribution in [0, 0.1) is 30.6 Å². The van der Waals surface area contributed by atoms with Crippen LogP contribution in [0.4, 0.5) is 0 Å². The molecule has 29 heavy (non-hydrogen) atoms. The maximum atomic E-state index is 5.48. The van der Waals surface area contributed by atoms with Crippen LogP contribution in [0.3, 0.4) is 0 Å². The molecule has 0 saturated carbocycles. The first-order valence-corrected chi connectivity index (χ1v) is 9.39. The predicted molar refractivity (Wildman–Crippen MR) is 119 cm³/mol. The summed E-state index contributed by atoms with van der Waals surface area (Å²) < 4.78 is 10.4. The summed E-state index contributed by atoms with van der Waals surface area (Å²) in [4.78, 5) is 0. The lowest BCUT2D eigenvalue weighted by atomic mass is 10.0. The Morgan fingerprint density at radius 2 is 1.21 bits per heavy atom. The zero-order valence-corrected chi connectivity index (χ0v) is 16.5. The summed E-state index contributed by atoms with van der Waals surface area (Å²) in [5.41, 5.74) is 3.17. The Bertz CT molecular complexity index is 1310. The number of ether oxygens (including phenoxy) is 2. The van der Waals surface area contributed by atoms with Crippen molar-refractivity contribution in [3.8, 4) is 29.4 Å². The molecule has 140 valence electrons. The SMILES string of the molecule is COCOc1ccc2cc(C#CC#Cc3ccc4cc(C)ccc4c3)ccc2c1. The number of fused-ring (bicyclic) bond motifs is 2. The first-order valence-electron chi connectivity index (χ1n) is 9.39. The van der Waals surface area contributed by atoms with Crippen LogP contribution in [-0.2, 0) is 4.74 Å². The maximum absolute atomic E-state index is 5.48. The molecule has 0 N–H and O–H groups in total. The molecular weight excluding hydrogens is 356 g/mol. The van der Waals surface area contributed by atoms with Gasteiger partial charge in [0.25, 0.3) is 0 Å². The van der Waals surface area contributed by atoms with Crippen LogP contribution >= 0.6 is 0 Å². The van der Waals surface area contributed by atoms with Crippen molar-refractivity contribution in [2.45, 2.75) is 6.92 Å². The standard InChI is InChI=1S/C27H20O2/c1-20-7-10-24-16-21(8-11-23(24)15-20)5-3-4-6-22-9-12-26-18-27(29-19-28-2)14-13-25(26)17-22/h7-18H,19H2,1-2H3. The van der Waals surface area contributed by atoms with Crippen LogP contribution in [0.5, 0.6) is 5.75 Å². The molecule has 0 heterocycles. The van der Waals surface area contributed by atoms with Crippen molar-refractivity contribution in [1.29, 1.82) is 0 Å². The Balaban J connectivity index is 1.52. The van der Waals surface area contributed by atoms with Crippen LogP contribution in [-0.4, -0.2) is 13.9 Å². The van der Waals surface area contributed by atoms with Crippen molar-refractivity contribution >= 4 is 21.5 Å². The van der Waals surface area contributed by atoms with Crippen molar-refractivity contribution < 1.29 is 9.47 Å². The summed E-state index contributed by atoms with van der Waals surface area (Å²) >= 11 is 0. The number of hydrogen-bond acceptors (Lipinski definition) is 2. The van der Waals surface area contributed by atoms with E-state index in [0.29, 0.717) is 0 Å². The lowest BCUT2D eigenvalue weighted by Gasteiger charge is -2.06. The van der Waals surface area contributed by atoms with Gasteiger partial charge in [-0.3, -0.25) is 0 Å². The van der Waals surface area contributed by atoms with E-state index in [0.717, 1.165) is 27.6 Å². The molecular formula is C27H20O2. The first-order chi connectivity index (χ1) is 14.2. The van der Waals surface area contributed by atoms with Gasteiger partial charge in [0.15, 0.2) is 6.79 Å². The molecule has 0 unspecified atom stereocenters. The topological polar surface area (TPSA) is 18.5 Å². The maximum Gasteiger partial charge on any atom is 0.188 e. The van der Waals surface area contributed by atoms with Crippen LogP contribution < -0.4 is 4.74 Å². The van der Waals surface area contributed by atoms with Crippen LogP contribution in [0.2, 0.25) is 0 Å². The minimum absolute atomic E-state index is 0.241. The summed E-state index contributed by atoms with van der Waals surface area (Å²) in [6, 6.07) is 24.7. The fraction of sp³-hybridized carbons (Fsp3) is 0.111. The Kier molecular flexibility index (Phi) is 5.48. The molecule has 0 fully saturated rings. The second kappa shape index (κ2) is 8.53. The molecule has 4 rings (SSSR count). The minimum atomic E-state index is 0.241. The highest BCUT2D eigenvalue weighted by Crippen LogP contribution is 2.22. The van der Waals surface area contributed by atoms with E-state index in [1.807, 2.05) is 36.4 Å². The van der Waals surface area contributed by atoms with Crippen molar-refractivity contribution in [1.82, 2.24) is 0 Å². The van der Waals surface area contributed by atoms with Gasteiger partial charge < -0.3 is 9.47 Å². The minimum Gasteiger partial charge on any atom is -0.468 e. The zero-order valence-electron chi connectivity index (χ0n) is 16.5. The van der Waals surface area contributed by atoms with E-state index in [1.165, 1.54) is 16.3 Å². The Morgan fingerprint density at radius 3 is 1.86 bits per heavy atom. The Morgan fingerprint density at radius 1 is 0.655 bits per heavy atom. The van der Waals surface area contributed by atoms with E-state index in [9.17, 15) is 0 Å². The number of rotatable bonds is 3. The molecule has 0 atom stereocenters. The average molecular weight is 376 g/mol. The smallest absolute Gasteiger partial charge is 0.188 e. The molecule has 0 bridgehead atoms. The number of aryl methyl sites for hydroxylation is 1. The third-order valence-corrected chi connectivity index (χ3v) is 4.63. The van der Waals surface area contributed by atoms with Gasteiger partial charge in [0.2, 0.25) is 0 Å². The number of hydrogen-bond donors (Lipinski definition) is 0. The molecule has 0 aliphatic heterocycles.